The fourth-order valence-electron chi connectivity index (χ4n) is 1.13. The van der Waals surface area contributed by atoms with Crippen molar-refractivity contribution in [2.45, 2.75) is 0 Å². The molecule has 0 fully saturated rings. The molecule has 0 unspecified atom stereocenters. The Morgan fingerprint density at radius 1 is 1.25 bits per heavy atom. The van der Waals surface area contributed by atoms with Crippen molar-refractivity contribution in [1.29, 1.82) is 0 Å². The van der Waals surface area contributed by atoms with Crippen molar-refractivity contribution in [2.75, 3.05) is 0 Å². The monoisotopic (exact) mass is 237 g/mol. The Morgan fingerprint density at radius 2 is 2.00 bits per heavy atom. The second kappa shape index (κ2) is 4.32. The zero-order valence-electron chi connectivity index (χ0n) is 7.89. The molecule has 0 aromatic carbocycles. The van der Waals surface area contributed by atoms with Gasteiger partial charge in [-0.2, -0.15) is 4.39 Å². The van der Waals surface area contributed by atoms with Crippen molar-refractivity contribution < 1.29 is 9.18 Å². The van der Waals surface area contributed by atoms with Gasteiger partial charge in [0.25, 0.3) is 0 Å². The Bertz CT molecular complexity index is 547. The highest BCUT2D eigenvalue weighted by Crippen LogP contribution is 2.10. The molecule has 6 heteroatoms. The first-order valence-corrected chi connectivity index (χ1v) is 4.70. The van der Waals surface area contributed by atoms with E-state index in [0.29, 0.717) is 0 Å². The average molecular weight is 238 g/mol. The molecule has 0 aliphatic heterocycles. The molecule has 0 spiro atoms. The largest absolute Gasteiger partial charge is 0.285 e. The van der Waals surface area contributed by atoms with Crippen molar-refractivity contribution >= 4 is 17.4 Å². The summed E-state index contributed by atoms with van der Waals surface area (Å²) in [4.78, 5) is 22.5. The summed E-state index contributed by atoms with van der Waals surface area (Å²) in [6, 6.07) is 4.50. The highest BCUT2D eigenvalue weighted by molar-refractivity contribution is 6.29. The molecule has 2 aromatic heterocycles. The van der Waals surface area contributed by atoms with E-state index in [1.54, 1.807) is 6.07 Å². The van der Waals surface area contributed by atoms with E-state index in [-0.39, 0.29) is 16.5 Å². The zero-order chi connectivity index (χ0) is 11.5. The molecule has 2 aromatic rings. The first-order valence-electron chi connectivity index (χ1n) is 4.32. The van der Waals surface area contributed by atoms with Gasteiger partial charge >= 0.3 is 0 Å². The molecule has 2 rings (SSSR count). The van der Waals surface area contributed by atoms with Gasteiger partial charge in [0.05, 0.1) is 0 Å². The molecule has 2 heterocycles. The number of rotatable bonds is 2. The number of ketones is 1. The second-order valence-electron chi connectivity index (χ2n) is 2.87. The van der Waals surface area contributed by atoms with Gasteiger partial charge in [-0.05, 0) is 12.1 Å². The van der Waals surface area contributed by atoms with Crippen molar-refractivity contribution in [3.05, 3.63) is 53.1 Å². The molecule has 0 atom stereocenters. The Kier molecular flexibility index (Phi) is 2.87. The lowest BCUT2D eigenvalue weighted by Crippen LogP contribution is -2.10. The van der Waals surface area contributed by atoms with E-state index >= 15 is 0 Å². The molecule has 0 radical (unpaired) electrons. The smallest absolute Gasteiger partial charge is 0.242 e. The van der Waals surface area contributed by atoms with Crippen LogP contribution < -0.4 is 0 Å². The quantitative estimate of drug-likeness (QED) is 0.591. The SMILES string of the molecule is O=C(c1cccc(Cl)n1)c1nccnc1F. The van der Waals surface area contributed by atoms with Gasteiger partial charge in [0, 0.05) is 12.4 Å². The molecule has 0 aliphatic rings. The van der Waals surface area contributed by atoms with Crippen LogP contribution in [0.25, 0.3) is 0 Å². The second-order valence-corrected chi connectivity index (χ2v) is 3.26. The third-order valence-corrected chi connectivity index (χ3v) is 2.03. The molecule has 80 valence electrons. The Balaban J connectivity index is 2.44. The third kappa shape index (κ3) is 2.04. The van der Waals surface area contributed by atoms with Crippen LogP contribution in [0, 0.1) is 5.95 Å². The minimum atomic E-state index is -0.922. The molecule has 0 N–H and O–H groups in total. The van der Waals surface area contributed by atoms with Gasteiger partial charge in [0.2, 0.25) is 11.7 Å². The summed E-state index contributed by atoms with van der Waals surface area (Å²) in [6.07, 6.45) is 2.40. The maximum atomic E-state index is 13.2. The van der Waals surface area contributed by atoms with Crippen LogP contribution in [0.5, 0.6) is 0 Å². The molecule has 0 saturated carbocycles. The van der Waals surface area contributed by atoms with E-state index in [1.807, 2.05) is 0 Å². The maximum absolute atomic E-state index is 13.2. The predicted octanol–water partition coefficient (Wildman–Crippen LogP) is 1.90. The van der Waals surface area contributed by atoms with Gasteiger partial charge in [0.15, 0.2) is 5.69 Å². The van der Waals surface area contributed by atoms with Crippen molar-refractivity contribution in [2.24, 2.45) is 0 Å². The first-order chi connectivity index (χ1) is 7.68. The lowest BCUT2D eigenvalue weighted by Gasteiger charge is -2.00. The summed E-state index contributed by atoms with van der Waals surface area (Å²) in [5, 5.41) is 0.162. The van der Waals surface area contributed by atoms with E-state index < -0.39 is 11.7 Å². The Hall–Kier alpha value is -1.88. The first kappa shape index (κ1) is 10.6. The van der Waals surface area contributed by atoms with E-state index in [0.717, 1.165) is 6.20 Å². The van der Waals surface area contributed by atoms with Crippen LogP contribution in [0.15, 0.2) is 30.6 Å². The fraction of sp³-hybridized carbons (Fsp3) is 0. The molecular weight excluding hydrogens is 233 g/mol. The van der Waals surface area contributed by atoms with Crippen LogP contribution >= 0.6 is 11.6 Å². The fourth-order valence-corrected chi connectivity index (χ4v) is 1.29. The maximum Gasteiger partial charge on any atom is 0.242 e. The van der Waals surface area contributed by atoms with Crippen molar-refractivity contribution in [3.8, 4) is 0 Å². The number of aromatic nitrogens is 3. The van der Waals surface area contributed by atoms with Crippen LogP contribution in [-0.2, 0) is 0 Å². The predicted molar refractivity (Wildman–Crippen MR) is 54.7 cm³/mol. The number of nitrogens with zero attached hydrogens (tertiary/aromatic N) is 3. The van der Waals surface area contributed by atoms with Gasteiger partial charge in [-0.1, -0.05) is 17.7 Å². The van der Waals surface area contributed by atoms with Gasteiger partial charge in [-0.15, -0.1) is 0 Å². The molecule has 16 heavy (non-hydrogen) atoms. The number of pyridine rings is 1. The average Bonchev–Trinajstić information content (AvgIpc) is 2.29. The van der Waals surface area contributed by atoms with Gasteiger partial charge in [-0.3, -0.25) is 4.79 Å². The summed E-state index contributed by atoms with van der Waals surface area (Å²) in [6.45, 7) is 0. The number of hydrogen-bond acceptors (Lipinski definition) is 4. The van der Waals surface area contributed by atoms with Gasteiger partial charge < -0.3 is 0 Å². The van der Waals surface area contributed by atoms with Crippen molar-refractivity contribution in [1.82, 2.24) is 15.0 Å². The standard InChI is InChI=1S/C10H5ClFN3O/c11-7-3-1-2-6(15-7)9(16)8-10(12)14-5-4-13-8/h1-5H. The van der Waals surface area contributed by atoms with E-state index in [9.17, 15) is 9.18 Å². The van der Waals surface area contributed by atoms with Gasteiger partial charge in [0.1, 0.15) is 10.8 Å². The molecule has 4 nitrogen and oxygen atoms in total. The van der Waals surface area contributed by atoms with Crippen LogP contribution in [0.2, 0.25) is 5.15 Å². The Morgan fingerprint density at radius 3 is 2.69 bits per heavy atom. The third-order valence-electron chi connectivity index (χ3n) is 1.82. The molecule has 0 aliphatic carbocycles. The zero-order valence-corrected chi connectivity index (χ0v) is 8.65. The summed E-state index contributed by atoms with van der Waals surface area (Å²) in [7, 11) is 0. The van der Waals surface area contributed by atoms with Crippen LogP contribution in [0.1, 0.15) is 16.2 Å². The minimum Gasteiger partial charge on any atom is -0.285 e. The molecule has 0 bridgehead atoms. The molecular formula is C10H5ClFN3O. The molecule has 0 saturated heterocycles. The highest BCUT2D eigenvalue weighted by atomic mass is 35.5. The lowest BCUT2D eigenvalue weighted by molar-refractivity contribution is 0.102. The highest BCUT2D eigenvalue weighted by Gasteiger charge is 2.17. The summed E-state index contributed by atoms with van der Waals surface area (Å²) in [5.74, 6) is -1.57. The number of hydrogen-bond donors (Lipinski definition) is 0. The van der Waals surface area contributed by atoms with Crippen molar-refractivity contribution in [3.63, 3.8) is 0 Å². The van der Waals surface area contributed by atoms with Crippen LogP contribution in [0.4, 0.5) is 4.39 Å². The minimum absolute atomic E-state index is 0.0342. The number of carbonyl (C=O) groups excluding carboxylic acids is 1. The van der Waals surface area contributed by atoms with Crippen LogP contribution in [0.3, 0.4) is 0 Å². The number of halogens is 2. The van der Waals surface area contributed by atoms with E-state index in [2.05, 4.69) is 15.0 Å². The molecule has 0 amide bonds. The van der Waals surface area contributed by atoms with E-state index in [1.165, 1.54) is 18.3 Å². The van der Waals surface area contributed by atoms with E-state index in [4.69, 9.17) is 11.6 Å². The Labute approximate surface area is 95.1 Å². The summed E-state index contributed by atoms with van der Waals surface area (Å²) < 4.78 is 13.2. The topological polar surface area (TPSA) is 55.7 Å². The van der Waals surface area contributed by atoms with Crippen LogP contribution in [-0.4, -0.2) is 20.7 Å². The normalized spacial score (nSPS) is 10.1. The summed E-state index contributed by atoms with van der Waals surface area (Å²) >= 11 is 5.62. The van der Waals surface area contributed by atoms with Gasteiger partial charge in [-0.25, -0.2) is 15.0 Å². The number of carbonyl (C=O) groups is 1. The summed E-state index contributed by atoms with van der Waals surface area (Å²) in [5.41, 5.74) is -0.329. The lowest BCUT2D eigenvalue weighted by atomic mass is 10.2.